The average Bonchev–Trinajstić information content (AvgIpc) is 2.59. The van der Waals surface area contributed by atoms with Crippen LogP contribution in [0.4, 0.5) is 0 Å². The van der Waals surface area contributed by atoms with Gasteiger partial charge in [-0.15, -0.1) is 11.3 Å². The maximum Gasteiger partial charge on any atom is 0.194 e. The van der Waals surface area contributed by atoms with Crippen molar-refractivity contribution in [1.82, 2.24) is 9.38 Å². The molecule has 1 fully saturated rings. The summed E-state index contributed by atoms with van der Waals surface area (Å²) in [4.78, 5) is 5.64. The van der Waals surface area contributed by atoms with Gasteiger partial charge in [0.15, 0.2) is 4.96 Å². The first kappa shape index (κ1) is 9.36. The van der Waals surface area contributed by atoms with Gasteiger partial charge < -0.3 is 5.73 Å². The molecule has 2 atom stereocenters. The molecule has 0 amide bonds. The molecule has 0 bridgehead atoms. The SMILES string of the molecule is Cc1nc2sccn2c1[C@@H]1[C@@H](N)C1(C)C. The summed E-state index contributed by atoms with van der Waals surface area (Å²) >= 11 is 1.68. The Labute approximate surface area is 92.9 Å². The van der Waals surface area contributed by atoms with Crippen molar-refractivity contribution in [1.29, 1.82) is 0 Å². The number of rotatable bonds is 1. The van der Waals surface area contributed by atoms with Gasteiger partial charge in [0, 0.05) is 23.5 Å². The van der Waals surface area contributed by atoms with Crippen LogP contribution in [0, 0.1) is 12.3 Å². The molecule has 0 aromatic carbocycles. The van der Waals surface area contributed by atoms with Crippen molar-refractivity contribution in [3.63, 3.8) is 0 Å². The minimum atomic E-state index is 0.225. The Bertz CT molecular complexity index is 523. The number of hydrogen-bond acceptors (Lipinski definition) is 3. The zero-order valence-electron chi connectivity index (χ0n) is 9.19. The lowest BCUT2D eigenvalue weighted by atomic mass is 10.1. The fourth-order valence-electron chi connectivity index (χ4n) is 2.49. The number of fused-ring (bicyclic) bond motifs is 1. The maximum absolute atomic E-state index is 6.13. The summed E-state index contributed by atoms with van der Waals surface area (Å²) in [6.07, 6.45) is 2.09. The molecular formula is C11H15N3S. The van der Waals surface area contributed by atoms with Crippen LogP contribution in [0.3, 0.4) is 0 Å². The molecule has 1 saturated carbocycles. The smallest absolute Gasteiger partial charge is 0.194 e. The molecule has 0 aliphatic heterocycles. The van der Waals surface area contributed by atoms with Crippen molar-refractivity contribution < 1.29 is 0 Å². The fraction of sp³-hybridized carbons (Fsp3) is 0.545. The summed E-state index contributed by atoms with van der Waals surface area (Å²) in [6.45, 7) is 6.54. The summed E-state index contributed by atoms with van der Waals surface area (Å²) in [7, 11) is 0. The predicted molar refractivity (Wildman–Crippen MR) is 62.3 cm³/mol. The Morgan fingerprint density at radius 3 is 2.80 bits per heavy atom. The highest BCUT2D eigenvalue weighted by molar-refractivity contribution is 7.15. The van der Waals surface area contributed by atoms with Crippen LogP contribution < -0.4 is 5.73 Å². The highest BCUT2D eigenvalue weighted by atomic mass is 32.1. The maximum atomic E-state index is 6.13. The Hall–Kier alpha value is -0.870. The van der Waals surface area contributed by atoms with Crippen molar-refractivity contribution in [3.8, 4) is 0 Å². The van der Waals surface area contributed by atoms with Crippen molar-refractivity contribution in [2.24, 2.45) is 11.1 Å². The van der Waals surface area contributed by atoms with E-state index in [1.54, 1.807) is 11.3 Å². The first-order chi connectivity index (χ1) is 7.03. The van der Waals surface area contributed by atoms with Gasteiger partial charge in [-0.2, -0.15) is 0 Å². The highest BCUT2D eigenvalue weighted by Gasteiger charge is 2.58. The van der Waals surface area contributed by atoms with E-state index in [0.717, 1.165) is 10.7 Å². The zero-order valence-corrected chi connectivity index (χ0v) is 10.0. The molecule has 15 heavy (non-hydrogen) atoms. The van der Waals surface area contributed by atoms with Gasteiger partial charge in [0.2, 0.25) is 0 Å². The molecule has 1 aliphatic rings. The lowest BCUT2D eigenvalue weighted by molar-refractivity contribution is 0.593. The highest BCUT2D eigenvalue weighted by Crippen LogP contribution is 2.57. The standard InChI is InChI=1S/C11H15N3S/c1-6-8(7-9(12)11(7,2)3)14-4-5-15-10(14)13-6/h4-5,7,9H,12H2,1-3H3/t7-,9-/m1/s1. The molecule has 4 heteroatoms. The van der Waals surface area contributed by atoms with Crippen LogP contribution >= 0.6 is 11.3 Å². The Kier molecular flexibility index (Phi) is 1.64. The monoisotopic (exact) mass is 221 g/mol. The number of nitrogens with zero attached hydrogens (tertiary/aromatic N) is 2. The fourth-order valence-corrected chi connectivity index (χ4v) is 3.25. The van der Waals surface area contributed by atoms with Gasteiger partial charge in [0.1, 0.15) is 0 Å². The predicted octanol–water partition coefficient (Wildman–Crippen LogP) is 2.15. The molecule has 3 rings (SSSR count). The van der Waals surface area contributed by atoms with Crippen molar-refractivity contribution in [3.05, 3.63) is 23.0 Å². The van der Waals surface area contributed by atoms with Crippen LogP contribution in [0.25, 0.3) is 4.96 Å². The van der Waals surface area contributed by atoms with Crippen molar-refractivity contribution in [2.45, 2.75) is 32.7 Å². The largest absolute Gasteiger partial charge is 0.327 e. The quantitative estimate of drug-likeness (QED) is 0.802. The topological polar surface area (TPSA) is 43.3 Å². The van der Waals surface area contributed by atoms with Gasteiger partial charge in [0.05, 0.1) is 11.4 Å². The van der Waals surface area contributed by atoms with Crippen LogP contribution in [-0.4, -0.2) is 15.4 Å². The van der Waals surface area contributed by atoms with Gasteiger partial charge in [0.25, 0.3) is 0 Å². The van der Waals surface area contributed by atoms with Crippen molar-refractivity contribution in [2.75, 3.05) is 0 Å². The van der Waals surface area contributed by atoms with Gasteiger partial charge in [-0.05, 0) is 12.3 Å². The summed E-state index contributed by atoms with van der Waals surface area (Å²) in [5.41, 5.74) is 8.79. The zero-order chi connectivity index (χ0) is 10.8. The second-order valence-corrected chi connectivity index (χ2v) is 5.84. The molecule has 0 radical (unpaired) electrons. The van der Waals surface area contributed by atoms with Crippen LogP contribution in [0.5, 0.6) is 0 Å². The molecule has 2 heterocycles. The molecule has 0 unspecified atom stereocenters. The number of aromatic nitrogens is 2. The number of hydrogen-bond donors (Lipinski definition) is 1. The van der Waals surface area contributed by atoms with Gasteiger partial charge in [-0.25, -0.2) is 4.98 Å². The third kappa shape index (κ3) is 1.06. The summed E-state index contributed by atoms with van der Waals surface area (Å²) in [5.74, 6) is 0.460. The lowest BCUT2D eigenvalue weighted by Gasteiger charge is -2.02. The summed E-state index contributed by atoms with van der Waals surface area (Å²) in [5, 5.41) is 2.08. The molecule has 1 aliphatic carbocycles. The second kappa shape index (κ2) is 2.62. The van der Waals surface area contributed by atoms with E-state index < -0.39 is 0 Å². The first-order valence-corrected chi connectivity index (χ1v) is 6.09. The average molecular weight is 221 g/mol. The summed E-state index contributed by atoms with van der Waals surface area (Å²) < 4.78 is 2.19. The molecule has 3 nitrogen and oxygen atoms in total. The number of thiazole rings is 1. The van der Waals surface area contributed by atoms with E-state index in [2.05, 4.69) is 41.7 Å². The molecule has 0 spiro atoms. The van der Waals surface area contributed by atoms with E-state index in [1.165, 1.54) is 5.69 Å². The number of imidazole rings is 1. The van der Waals surface area contributed by atoms with E-state index >= 15 is 0 Å². The Balaban J connectivity index is 2.19. The molecule has 2 N–H and O–H groups in total. The molecular weight excluding hydrogens is 206 g/mol. The minimum Gasteiger partial charge on any atom is -0.327 e. The minimum absolute atomic E-state index is 0.225. The van der Waals surface area contributed by atoms with Gasteiger partial charge in [-0.1, -0.05) is 13.8 Å². The first-order valence-electron chi connectivity index (χ1n) is 5.21. The molecule has 0 saturated heterocycles. The number of nitrogens with two attached hydrogens (primary N) is 1. The Morgan fingerprint density at radius 1 is 1.53 bits per heavy atom. The van der Waals surface area contributed by atoms with E-state index in [-0.39, 0.29) is 11.5 Å². The second-order valence-electron chi connectivity index (χ2n) is 4.96. The lowest BCUT2D eigenvalue weighted by Crippen LogP contribution is -2.06. The third-order valence-corrected chi connectivity index (χ3v) is 4.44. The Morgan fingerprint density at radius 2 is 2.20 bits per heavy atom. The molecule has 2 aromatic rings. The van der Waals surface area contributed by atoms with E-state index in [0.29, 0.717) is 5.92 Å². The van der Waals surface area contributed by atoms with Crippen LogP contribution in [0.15, 0.2) is 11.6 Å². The normalized spacial score (nSPS) is 28.5. The third-order valence-electron chi connectivity index (χ3n) is 3.69. The van der Waals surface area contributed by atoms with E-state index in [9.17, 15) is 0 Å². The van der Waals surface area contributed by atoms with Crippen LogP contribution in [-0.2, 0) is 0 Å². The van der Waals surface area contributed by atoms with Crippen molar-refractivity contribution >= 4 is 16.3 Å². The molecule has 2 aromatic heterocycles. The van der Waals surface area contributed by atoms with Crippen LogP contribution in [0.1, 0.15) is 31.2 Å². The van der Waals surface area contributed by atoms with E-state index in [4.69, 9.17) is 5.73 Å². The molecule has 80 valence electrons. The van der Waals surface area contributed by atoms with E-state index in [1.807, 2.05) is 0 Å². The van der Waals surface area contributed by atoms with Gasteiger partial charge in [-0.3, -0.25) is 4.40 Å². The van der Waals surface area contributed by atoms with Gasteiger partial charge >= 0.3 is 0 Å². The summed E-state index contributed by atoms with van der Waals surface area (Å²) in [6, 6.07) is 0.274. The van der Waals surface area contributed by atoms with Crippen LogP contribution in [0.2, 0.25) is 0 Å². The number of aryl methyl sites for hydroxylation is 1.